The molecule has 0 atom stereocenters. The molecular weight excluding hydrogens is 564 g/mol. The summed E-state index contributed by atoms with van der Waals surface area (Å²) in [6, 6.07) is 0. The minimum atomic E-state index is -1.27. The number of carbonyl (C=O) groups is 5. The molecule has 4 rings (SSSR count). The second-order valence-corrected chi connectivity index (χ2v) is 10.6. The van der Waals surface area contributed by atoms with E-state index in [1.165, 1.54) is 6.08 Å². The Balaban J connectivity index is 1.80. The topological polar surface area (TPSA) is 187 Å². The maximum Gasteiger partial charge on any atom is 0.255 e. The minimum Gasteiger partial charge on any atom is -0.550 e. The Morgan fingerprint density at radius 3 is 1.89 bits per heavy atom. The molecule has 0 bridgehead atoms. The van der Waals surface area contributed by atoms with Crippen LogP contribution in [0.2, 0.25) is 0 Å². The number of hydrogen-bond donors (Lipinski definition) is 4. The van der Waals surface area contributed by atoms with Gasteiger partial charge in [0.2, 0.25) is 5.78 Å². The average molecular weight is 597 g/mol. The largest absolute Gasteiger partial charge is 0.550 e. The highest BCUT2D eigenvalue weighted by Crippen LogP contribution is 2.32. The number of carboxylic acids is 2. The number of carbonyl (C=O) groups excluding carboxylic acids is 5. The van der Waals surface area contributed by atoms with Gasteiger partial charge in [0.15, 0.2) is 0 Å². The molecule has 0 saturated carbocycles. The van der Waals surface area contributed by atoms with Crippen molar-refractivity contribution in [2.45, 2.75) is 53.4 Å². The highest BCUT2D eigenvalue weighted by molar-refractivity contribution is 6.10. The molecule has 0 unspecified atom stereocenters. The number of nitrogens with one attached hydrogen (secondary N) is 4. The summed E-state index contributed by atoms with van der Waals surface area (Å²) < 4.78 is 0. The van der Waals surface area contributed by atoms with E-state index < -0.39 is 17.7 Å². The first-order valence-electron chi connectivity index (χ1n) is 13.9. The zero-order chi connectivity index (χ0) is 32.5. The summed E-state index contributed by atoms with van der Waals surface area (Å²) in [5.74, 6) is -3.60. The highest BCUT2D eigenvalue weighted by atomic mass is 16.4. The van der Waals surface area contributed by atoms with E-state index in [1.807, 2.05) is 0 Å². The van der Waals surface area contributed by atoms with E-state index in [0.717, 1.165) is 0 Å². The lowest BCUT2D eigenvalue weighted by Crippen LogP contribution is -2.22. The number of H-pyrrole nitrogens is 2. The number of amides is 2. The molecule has 2 aromatic rings. The van der Waals surface area contributed by atoms with Crippen molar-refractivity contribution in [1.82, 2.24) is 20.6 Å². The lowest BCUT2D eigenvalue weighted by atomic mass is 9.99. The molecule has 0 spiro atoms. The van der Waals surface area contributed by atoms with Gasteiger partial charge in [0.1, 0.15) is 0 Å². The van der Waals surface area contributed by atoms with Gasteiger partial charge < -0.3 is 40.4 Å². The van der Waals surface area contributed by atoms with Crippen LogP contribution < -0.4 is 20.8 Å². The number of rotatable bonds is 12. The van der Waals surface area contributed by atoms with Gasteiger partial charge in [0, 0.05) is 51.4 Å². The van der Waals surface area contributed by atoms with Crippen molar-refractivity contribution in [1.29, 1.82) is 0 Å². The van der Waals surface area contributed by atoms with Crippen molar-refractivity contribution < 1.29 is 34.2 Å². The third kappa shape index (κ3) is 5.89. The van der Waals surface area contributed by atoms with Crippen LogP contribution in [-0.2, 0) is 25.6 Å². The number of ketones is 1. The molecule has 2 amide bonds. The summed E-state index contributed by atoms with van der Waals surface area (Å²) in [4.78, 5) is 67.4. The fourth-order valence-electron chi connectivity index (χ4n) is 5.50. The first-order valence-corrected chi connectivity index (χ1v) is 13.9. The predicted octanol–water partition coefficient (Wildman–Crippen LogP) is 1.81. The molecular formula is C33H32N4O7-2. The molecule has 0 aromatic carbocycles. The molecule has 11 nitrogen and oxygen atoms in total. The normalized spacial score (nSPS) is 16.6. The zero-order valence-corrected chi connectivity index (χ0v) is 24.9. The molecule has 2 aliphatic rings. The number of allylic oxidation sites excluding steroid dienone is 2. The summed E-state index contributed by atoms with van der Waals surface area (Å²) in [6.45, 7) is 14.4. The van der Waals surface area contributed by atoms with Crippen molar-refractivity contribution in [3.05, 3.63) is 97.9 Å². The standard InChI is InChI=1S/C33H34N4O7/c1-7-19-16(4)29(34-24(19)13-23-15(3)20(8-2)33(44)36-23)31(42)30-17(5)21(9-11-27(38)39)25(35-30)14-26-22(10-12-28(40)41)18(6)32(43)37-26/h7-8,13-14,34-35H,1-2,9-12H2,3-6H3,(H,36,44)(H,37,43)(H,38,39)(H,40,41)/p-2/b23-13-,26-14-. The van der Waals surface area contributed by atoms with Crippen LogP contribution in [0.15, 0.2) is 52.9 Å². The van der Waals surface area contributed by atoms with Crippen molar-refractivity contribution in [3.63, 3.8) is 0 Å². The first-order chi connectivity index (χ1) is 20.8. The second-order valence-electron chi connectivity index (χ2n) is 10.6. The fraction of sp³-hybridized carbons (Fsp3) is 0.242. The van der Waals surface area contributed by atoms with Gasteiger partial charge in [-0.2, -0.15) is 0 Å². The molecule has 4 heterocycles. The number of carboxylic acid groups (broad SMARTS) is 2. The van der Waals surface area contributed by atoms with Crippen molar-refractivity contribution in [2.24, 2.45) is 0 Å². The number of hydrogen-bond acceptors (Lipinski definition) is 7. The van der Waals surface area contributed by atoms with Gasteiger partial charge >= 0.3 is 0 Å². The molecule has 4 N–H and O–H groups in total. The van der Waals surface area contributed by atoms with Crippen molar-refractivity contribution in [3.8, 4) is 0 Å². The molecule has 11 heteroatoms. The quantitative estimate of drug-likeness (QED) is 0.269. The number of aromatic amines is 2. The Kier molecular flexibility index (Phi) is 8.89. The molecule has 0 aliphatic carbocycles. The lowest BCUT2D eigenvalue weighted by molar-refractivity contribution is -0.307. The SMILES string of the molecule is C=CC1=C(C)/C(=C/c2[nH]c(C(=O)c3[nH]c(/C=C4\NC(=O)C(C)=C4CCC(=O)[O-])c(CCC(=O)[O-])c3C)c(C)c2C=C)NC1=O. The van der Waals surface area contributed by atoms with Gasteiger partial charge in [0.05, 0.1) is 11.4 Å². The van der Waals surface area contributed by atoms with Gasteiger partial charge in [-0.25, -0.2) is 0 Å². The van der Waals surface area contributed by atoms with Crippen LogP contribution in [0, 0.1) is 13.8 Å². The lowest BCUT2D eigenvalue weighted by Gasteiger charge is -2.08. The van der Waals surface area contributed by atoms with Crippen LogP contribution in [-0.4, -0.2) is 39.5 Å². The third-order valence-electron chi connectivity index (χ3n) is 8.01. The summed E-state index contributed by atoms with van der Waals surface area (Å²) >= 11 is 0. The number of aromatic nitrogens is 2. The Labute approximate surface area is 253 Å². The maximum absolute atomic E-state index is 14.0. The highest BCUT2D eigenvalue weighted by Gasteiger charge is 2.28. The molecule has 0 radical (unpaired) electrons. The summed E-state index contributed by atoms with van der Waals surface area (Å²) in [7, 11) is 0. The Morgan fingerprint density at radius 1 is 0.727 bits per heavy atom. The Bertz CT molecular complexity index is 1790. The van der Waals surface area contributed by atoms with Gasteiger partial charge in [-0.15, -0.1) is 0 Å². The van der Waals surface area contributed by atoms with E-state index >= 15 is 0 Å². The molecule has 2 aromatic heterocycles. The summed E-state index contributed by atoms with van der Waals surface area (Å²) in [5.41, 5.74) is 6.63. The van der Waals surface area contributed by atoms with Gasteiger partial charge in [-0.05, 0) is 93.4 Å². The molecule has 228 valence electrons. The van der Waals surface area contributed by atoms with Crippen molar-refractivity contribution in [2.75, 3.05) is 0 Å². The molecule has 0 fully saturated rings. The summed E-state index contributed by atoms with van der Waals surface area (Å²) in [6.07, 6.45) is 5.86. The minimum absolute atomic E-state index is 0.0397. The maximum atomic E-state index is 14.0. The first kappa shape index (κ1) is 31.5. The Morgan fingerprint density at radius 2 is 1.30 bits per heavy atom. The average Bonchev–Trinajstić information content (AvgIpc) is 3.62. The van der Waals surface area contributed by atoms with E-state index in [1.54, 1.807) is 45.9 Å². The van der Waals surface area contributed by atoms with Crippen LogP contribution >= 0.6 is 0 Å². The summed E-state index contributed by atoms with van der Waals surface area (Å²) in [5, 5.41) is 28.0. The monoisotopic (exact) mass is 596 g/mol. The Hall–Kier alpha value is -5.45. The molecule has 44 heavy (non-hydrogen) atoms. The van der Waals surface area contributed by atoms with E-state index in [9.17, 15) is 34.2 Å². The smallest absolute Gasteiger partial charge is 0.255 e. The third-order valence-corrected chi connectivity index (χ3v) is 8.01. The van der Waals surface area contributed by atoms with Crippen LogP contribution in [0.25, 0.3) is 18.2 Å². The van der Waals surface area contributed by atoms with Crippen LogP contribution in [0.5, 0.6) is 0 Å². The van der Waals surface area contributed by atoms with Gasteiger partial charge in [0.25, 0.3) is 11.8 Å². The van der Waals surface area contributed by atoms with Gasteiger partial charge in [-0.3, -0.25) is 14.4 Å². The molecule has 2 aliphatic heterocycles. The predicted molar refractivity (Wildman–Crippen MR) is 160 cm³/mol. The second kappa shape index (κ2) is 12.4. The van der Waals surface area contributed by atoms with E-state index in [0.29, 0.717) is 67.3 Å². The van der Waals surface area contributed by atoms with Crippen molar-refractivity contribution >= 4 is 47.8 Å². The number of aliphatic carboxylic acids is 2. The van der Waals surface area contributed by atoms with Gasteiger partial charge in [-0.1, -0.05) is 25.3 Å². The van der Waals surface area contributed by atoms with Crippen LogP contribution in [0.3, 0.4) is 0 Å². The zero-order valence-electron chi connectivity index (χ0n) is 24.9. The molecule has 0 saturated heterocycles. The van der Waals surface area contributed by atoms with Crippen LogP contribution in [0.4, 0.5) is 0 Å². The van der Waals surface area contributed by atoms with Crippen LogP contribution in [0.1, 0.15) is 82.9 Å². The van der Waals surface area contributed by atoms with E-state index in [-0.39, 0.29) is 48.9 Å². The van der Waals surface area contributed by atoms with E-state index in [2.05, 4.69) is 33.8 Å². The van der Waals surface area contributed by atoms with E-state index in [4.69, 9.17) is 0 Å². The fourth-order valence-corrected chi connectivity index (χ4v) is 5.50.